The normalized spacial score (nSPS) is 15.1. The van der Waals surface area contributed by atoms with Crippen LogP contribution in [0.15, 0.2) is 186 Å². The van der Waals surface area contributed by atoms with Gasteiger partial charge in [-0.15, -0.1) is 0 Å². The van der Waals surface area contributed by atoms with Crippen molar-refractivity contribution in [1.29, 1.82) is 0 Å². The quantitative estimate of drug-likeness (QED) is 0.205. The topological polar surface area (TPSA) is 25.2 Å². The highest BCUT2D eigenvalue weighted by molar-refractivity contribution is 6.13. The first kappa shape index (κ1) is 28.2. The summed E-state index contributed by atoms with van der Waals surface area (Å²) in [7, 11) is 0. The minimum absolute atomic E-state index is 0.445. The summed E-state index contributed by atoms with van der Waals surface area (Å²) >= 11 is 0. The van der Waals surface area contributed by atoms with E-state index in [1.165, 1.54) is 66.8 Å². The van der Waals surface area contributed by atoms with Crippen molar-refractivity contribution in [1.82, 2.24) is 0 Å². The van der Waals surface area contributed by atoms with Crippen LogP contribution in [0.5, 0.6) is 0 Å². The van der Waals surface area contributed by atoms with Crippen LogP contribution in [0.2, 0.25) is 0 Å². The molecule has 1 spiro atoms. The molecule has 2 nitrogen and oxygen atoms in total. The summed E-state index contributed by atoms with van der Waals surface area (Å²) in [6.07, 6.45) is 0. The average molecular weight is 650 g/mol. The minimum Gasteiger partial charge on any atom is -0.456 e. The first-order valence-electron chi connectivity index (χ1n) is 17.6. The lowest BCUT2D eigenvalue weighted by atomic mass is 9.70. The SMILES string of the molecule is c1ccc(-c2ccc3c(c2)C2(c4ccccc4-3)c3ccccc3-c3c(Nc4cccc5oc6ccc(-c7ccccc7)cc6c45)cccc32)cc1. The van der Waals surface area contributed by atoms with Crippen molar-refractivity contribution >= 4 is 33.3 Å². The van der Waals surface area contributed by atoms with Crippen molar-refractivity contribution in [2.75, 3.05) is 5.32 Å². The van der Waals surface area contributed by atoms with Gasteiger partial charge in [-0.25, -0.2) is 0 Å². The molecule has 2 aliphatic carbocycles. The first-order valence-corrected chi connectivity index (χ1v) is 17.6. The largest absolute Gasteiger partial charge is 0.456 e. The van der Waals surface area contributed by atoms with Gasteiger partial charge in [-0.1, -0.05) is 146 Å². The average Bonchev–Trinajstić information content (AvgIpc) is 3.83. The van der Waals surface area contributed by atoms with Crippen LogP contribution >= 0.6 is 0 Å². The Bertz CT molecular complexity index is 2830. The molecule has 8 aromatic carbocycles. The minimum atomic E-state index is -0.445. The highest BCUT2D eigenvalue weighted by atomic mass is 16.3. The highest BCUT2D eigenvalue weighted by Gasteiger charge is 2.52. The van der Waals surface area contributed by atoms with Crippen LogP contribution < -0.4 is 5.32 Å². The van der Waals surface area contributed by atoms with E-state index in [0.717, 1.165) is 33.3 Å². The predicted octanol–water partition coefficient (Wildman–Crippen LogP) is 13.0. The number of furan rings is 1. The van der Waals surface area contributed by atoms with E-state index >= 15 is 0 Å². The summed E-state index contributed by atoms with van der Waals surface area (Å²) < 4.78 is 6.43. The molecule has 0 aliphatic heterocycles. The molecule has 51 heavy (non-hydrogen) atoms. The Balaban J connectivity index is 1.14. The summed E-state index contributed by atoms with van der Waals surface area (Å²) in [5.41, 5.74) is 18.7. The number of nitrogens with one attached hydrogen (secondary N) is 1. The standard InChI is InChI=1S/C49H31NO/c1-3-13-31(14-4-1)33-26-28-45-38(29-33)48-44(23-12-24-46(48)51-45)50-43-22-11-21-41-47(43)37-18-8-10-20-40(37)49(41)39-19-9-7-17-35(39)36-27-25-34(30-42(36)49)32-15-5-2-6-16-32/h1-30,50H. The zero-order valence-electron chi connectivity index (χ0n) is 27.7. The van der Waals surface area contributed by atoms with Crippen molar-refractivity contribution < 1.29 is 4.42 Å². The molecular formula is C49H31NO. The first-order chi connectivity index (χ1) is 25.3. The Morgan fingerprint density at radius 1 is 0.373 bits per heavy atom. The van der Waals surface area contributed by atoms with E-state index in [1.54, 1.807) is 0 Å². The summed E-state index contributed by atoms with van der Waals surface area (Å²) in [6.45, 7) is 0. The molecule has 0 fully saturated rings. The molecule has 2 aliphatic rings. The van der Waals surface area contributed by atoms with Crippen LogP contribution in [0.1, 0.15) is 22.3 Å². The van der Waals surface area contributed by atoms with Gasteiger partial charge in [-0.3, -0.25) is 0 Å². The van der Waals surface area contributed by atoms with Gasteiger partial charge in [0.2, 0.25) is 0 Å². The van der Waals surface area contributed by atoms with E-state index in [9.17, 15) is 0 Å². The molecule has 9 aromatic rings. The van der Waals surface area contributed by atoms with Gasteiger partial charge in [0.25, 0.3) is 0 Å². The Morgan fingerprint density at radius 3 is 1.75 bits per heavy atom. The number of fused-ring (bicyclic) bond motifs is 13. The van der Waals surface area contributed by atoms with E-state index < -0.39 is 5.41 Å². The van der Waals surface area contributed by atoms with E-state index in [-0.39, 0.29) is 0 Å². The van der Waals surface area contributed by atoms with Gasteiger partial charge in [0.15, 0.2) is 0 Å². The van der Waals surface area contributed by atoms with Gasteiger partial charge < -0.3 is 9.73 Å². The molecular weight excluding hydrogens is 619 g/mol. The lowest BCUT2D eigenvalue weighted by Gasteiger charge is -2.31. The van der Waals surface area contributed by atoms with Crippen molar-refractivity contribution in [3.8, 4) is 44.5 Å². The third-order valence-corrected chi connectivity index (χ3v) is 11.1. The maximum atomic E-state index is 6.43. The molecule has 2 heteroatoms. The molecule has 0 saturated carbocycles. The summed E-state index contributed by atoms with van der Waals surface area (Å²) in [4.78, 5) is 0. The Morgan fingerprint density at radius 2 is 0.961 bits per heavy atom. The van der Waals surface area contributed by atoms with Crippen LogP contribution in [-0.2, 0) is 5.41 Å². The van der Waals surface area contributed by atoms with Crippen LogP contribution in [-0.4, -0.2) is 0 Å². The summed E-state index contributed by atoms with van der Waals surface area (Å²) in [5, 5.41) is 6.15. The van der Waals surface area contributed by atoms with E-state index in [2.05, 4.69) is 187 Å². The van der Waals surface area contributed by atoms with E-state index in [1.807, 2.05) is 0 Å². The Kier molecular flexibility index (Phi) is 5.91. The van der Waals surface area contributed by atoms with Crippen molar-refractivity contribution in [3.05, 3.63) is 204 Å². The fourth-order valence-corrected chi connectivity index (χ4v) is 8.99. The third-order valence-electron chi connectivity index (χ3n) is 11.1. The second kappa shape index (κ2) is 10.7. The van der Waals surface area contributed by atoms with Gasteiger partial charge in [-0.05, 0) is 97.6 Å². The predicted molar refractivity (Wildman–Crippen MR) is 211 cm³/mol. The zero-order valence-corrected chi connectivity index (χ0v) is 27.7. The van der Waals surface area contributed by atoms with Gasteiger partial charge in [-0.2, -0.15) is 0 Å². The van der Waals surface area contributed by atoms with Gasteiger partial charge >= 0.3 is 0 Å². The van der Waals surface area contributed by atoms with Crippen molar-refractivity contribution in [3.63, 3.8) is 0 Å². The van der Waals surface area contributed by atoms with Crippen LogP contribution in [0.3, 0.4) is 0 Å². The molecule has 1 unspecified atom stereocenters. The van der Waals surface area contributed by atoms with Gasteiger partial charge in [0.1, 0.15) is 11.2 Å². The smallest absolute Gasteiger partial charge is 0.137 e. The molecule has 1 atom stereocenters. The number of benzene rings is 8. The third kappa shape index (κ3) is 3.93. The van der Waals surface area contributed by atoms with E-state index in [4.69, 9.17) is 4.42 Å². The van der Waals surface area contributed by atoms with Crippen LogP contribution in [0.25, 0.3) is 66.4 Å². The molecule has 1 N–H and O–H groups in total. The second-order valence-corrected chi connectivity index (χ2v) is 13.7. The van der Waals surface area contributed by atoms with Gasteiger partial charge in [0.05, 0.1) is 16.5 Å². The maximum Gasteiger partial charge on any atom is 0.137 e. The molecule has 11 rings (SSSR count). The Hall–Kier alpha value is -6.64. The number of rotatable bonds is 4. The van der Waals surface area contributed by atoms with Crippen molar-refractivity contribution in [2.24, 2.45) is 0 Å². The molecule has 0 amide bonds. The number of anilines is 2. The van der Waals surface area contributed by atoms with Crippen molar-refractivity contribution in [2.45, 2.75) is 5.41 Å². The molecule has 238 valence electrons. The highest BCUT2D eigenvalue weighted by Crippen LogP contribution is 2.64. The fraction of sp³-hybridized carbons (Fsp3) is 0.0204. The number of hydrogen-bond donors (Lipinski definition) is 1. The molecule has 0 saturated heterocycles. The van der Waals surface area contributed by atoms with Gasteiger partial charge in [0, 0.05) is 16.6 Å². The Labute approximate surface area is 296 Å². The van der Waals surface area contributed by atoms with E-state index in [0.29, 0.717) is 0 Å². The summed E-state index contributed by atoms with van der Waals surface area (Å²) in [5.74, 6) is 0. The molecule has 1 heterocycles. The summed E-state index contributed by atoms with van der Waals surface area (Å²) in [6, 6.07) is 66.0. The lowest BCUT2D eigenvalue weighted by Crippen LogP contribution is -2.25. The van der Waals surface area contributed by atoms with Crippen LogP contribution in [0.4, 0.5) is 11.4 Å². The lowest BCUT2D eigenvalue weighted by molar-refractivity contribution is 0.669. The molecule has 0 bridgehead atoms. The monoisotopic (exact) mass is 649 g/mol. The van der Waals surface area contributed by atoms with Crippen LogP contribution in [0, 0.1) is 0 Å². The fourth-order valence-electron chi connectivity index (χ4n) is 8.99. The zero-order chi connectivity index (χ0) is 33.5. The maximum absolute atomic E-state index is 6.43. The molecule has 1 aromatic heterocycles. The second-order valence-electron chi connectivity index (χ2n) is 13.7. The number of hydrogen-bond acceptors (Lipinski definition) is 2. The molecule has 0 radical (unpaired) electrons.